The third kappa shape index (κ3) is 3.23. The average Bonchev–Trinajstić information content (AvgIpc) is 2.44. The molecule has 6 heteroatoms. The molecule has 0 bridgehead atoms. The normalized spacial score (nSPS) is 9.60. The van der Waals surface area contributed by atoms with Gasteiger partial charge in [0.15, 0.2) is 0 Å². The van der Waals surface area contributed by atoms with Gasteiger partial charge in [0.2, 0.25) is 5.56 Å². The minimum Gasteiger partial charge on any atom is -0.317 e. The third-order valence-corrected chi connectivity index (χ3v) is 2.62. The molecule has 0 spiro atoms. The van der Waals surface area contributed by atoms with E-state index < -0.39 is 6.03 Å². The summed E-state index contributed by atoms with van der Waals surface area (Å²) in [6.45, 7) is 0. The maximum Gasteiger partial charge on any atom is 0.323 e. The summed E-state index contributed by atoms with van der Waals surface area (Å²) in [5.41, 5.74) is 1.46. The zero-order valence-electron chi connectivity index (χ0n) is 10.8. The van der Waals surface area contributed by atoms with E-state index in [4.69, 9.17) is 5.26 Å². The lowest BCUT2D eigenvalue weighted by Gasteiger charge is -2.08. The third-order valence-electron chi connectivity index (χ3n) is 2.62. The first kappa shape index (κ1) is 13.4. The van der Waals surface area contributed by atoms with Crippen LogP contribution in [0.5, 0.6) is 0 Å². The van der Waals surface area contributed by atoms with Gasteiger partial charge in [0.05, 0.1) is 17.3 Å². The van der Waals surface area contributed by atoms with Gasteiger partial charge >= 0.3 is 6.03 Å². The molecular weight excluding hydrogens is 256 g/mol. The summed E-state index contributed by atoms with van der Waals surface area (Å²) in [4.78, 5) is 23.0. The van der Waals surface area contributed by atoms with Crippen molar-refractivity contribution in [3.8, 4) is 6.07 Å². The van der Waals surface area contributed by atoms with Crippen LogP contribution in [-0.4, -0.2) is 10.6 Å². The monoisotopic (exact) mass is 268 g/mol. The molecule has 0 unspecified atom stereocenters. The van der Waals surface area contributed by atoms with Crippen molar-refractivity contribution in [2.45, 2.75) is 0 Å². The van der Waals surface area contributed by atoms with E-state index in [0.717, 1.165) is 0 Å². The Morgan fingerprint density at radius 1 is 1.10 bits per heavy atom. The zero-order valence-corrected chi connectivity index (χ0v) is 10.8. The Morgan fingerprint density at radius 2 is 1.70 bits per heavy atom. The standard InChI is InChI=1S/C14H12N4O2/c1-18-9-12(6-7-13(18)19)17-14(20)16-11-4-2-10(8-15)3-5-11/h2-7,9H,1H3,(H2,16,17,20). The van der Waals surface area contributed by atoms with E-state index in [1.165, 1.54) is 22.9 Å². The second-order valence-corrected chi connectivity index (χ2v) is 4.14. The number of urea groups is 1. The number of nitrogens with one attached hydrogen (secondary N) is 2. The lowest BCUT2D eigenvalue weighted by molar-refractivity contribution is 0.262. The molecule has 0 saturated carbocycles. The summed E-state index contributed by atoms with van der Waals surface area (Å²) in [6.07, 6.45) is 1.53. The Balaban J connectivity index is 2.03. The number of carbonyl (C=O) groups excluding carboxylic acids is 1. The summed E-state index contributed by atoms with van der Waals surface area (Å²) < 4.78 is 1.37. The van der Waals surface area contributed by atoms with E-state index in [9.17, 15) is 9.59 Å². The lowest BCUT2D eigenvalue weighted by atomic mass is 10.2. The van der Waals surface area contributed by atoms with Crippen LogP contribution in [0.15, 0.2) is 47.4 Å². The fraction of sp³-hybridized carbons (Fsp3) is 0.0714. The summed E-state index contributed by atoms with van der Waals surface area (Å²) in [5, 5.41) is 13.9. The highest BCUT2D eigenvalue weighted by Crippen LogP contribution is 2.10. The fourth-order valence-corrected chi connectivity index (χ4v) is 1.59. The van der Waals surface area contributed by atoms with E-state index in [-0.39, 0.29) is 5.56 Å². The van der Waals surface area contributed by atoms with Crippen LogP contribution in [0.25, 0.3) is 0 Å². The Labute approximate surface area is 115 Å². The molecule has 1 aromatic carbocycles. The van der Waals surface area contributed by atoms with Crippen molar-refractivity contribution in [1.29, 1.82) is 5.26 Å². The van der Waals surface area contributed by atoms with Gasteiger partial charge in [0.25, 0.3) is 0 Å². The Bertz CT molecular complexity index is 726. The highest BCUT2D eigenvalue weighted by molar-refractivity contribution is 5.99. The van der Waals surface area contributed by atoms with Crippen LogP contribution in [0.2, 0.25) is 0 Å². The van der Waals surface area contributed by atoms with Crippen molar-refractivity contribution in [2.75, 3.05) is 10.6 Å². The number of anilines is 2. The van der Waals surface area contributed by atoms with Gasteiger partial charge in [-0.1, -0.05) is 0 Å². The highest BCUT2D eigenvalue weighted by Gasteiger charge is 2.03. The van der Waals surface area contributed by atoms with Gasteiger partial charge in [0.1, 0.15) is 0 Å². The van der Waals surface area contributed by atoms with Crippen LogP contribution in [0, 0.1) is 11.3 Å². The van der Waals surface area contributed by atoms with Crippen molar-refractivity contribution in [3.63, 3.8) is 0 Å². The Hall–Kier alpha value is -3.07. The van der Waals surface area contributed by atoms with Crippen molar-refractivity contribution in [3.05, 3.63) is 58.5 Å². The Morgan fingerprint density at radius 3 is 2.30 bits per heavy atom. The number of benzene rings is 1. The van der Waals surface area contributed by atoms with Gasteiger partial charge in [-0.05, 0) is 30.3 Å². The molecule has 0 saturated heterocycles. The summed E-state index contributed by atoms with van der Waals surface area (Å²) in [5.74, 6) is 0. The molecule has 1 heterocycles. The SMILES string of the molecule is Cn1cc(NC(=O)Nc2ccc(C#N)cc2)ccc1=O. The van der Waals surface area contributed by atoms with Crippen molar-refractivity contribution >= 4 is 17.4 Å². The molecule has 2 aromatic rings. The van der Waals surface area contributed by atoms with E-state index in [2.05, 4.69) is 10.6 Å². The first-order chi connectivity index (χ1) is 9.58. The van der Waals surface area contributed by atoms with Gasteiger partial charge in [-0.3, -0.25) is 4.79 Å². The molecule has 100 valence electrons. The molecule has 0 aliphatic carbocycles. The topological polar surface area (TPSA) is 86.9 Å². The van der Waals surface area contributed by atoms with Crippen molar-refractivity contribution in [1.82, 2.24) is 4.57 Å². The number of hydrogen-bond acceptors (Lipinski definition) is 3. The van der Waals surface area contributed by atoms with Gasteiger partial charge in [-0.15, -0.1) is 0 Å². The van der Waals surface area contributed by atoms with E-state index in [1.807, 2.05) is 6.07 Å². The van der Waals surface area contributed by atoms with Gasteiger partial charge in [-0.2, -0.15) is 5.26 Å². The number of carbonyl (C=O) groups is 1. The fourth-order valence-electron chi connectivity index (χ4n) is 1.59. The predicted octanol–water partition coefficient (Wildman–Crippen LogP) is 1.90. The molecule has 2 amide bonds. The molecule has 20 heavy (non-hydrogen) atoms. The smallest absolute Gasteiger partial charge is 0.317 e. The van der Waals surface area contributed by atoms with E-state index in [1.54, 1.807) is 31.3 Å². The molecule has 0 atom stereocenters. The van der Waals surface area contributed by atoms with Crippen LogP contribution < -0.4 is 16.2 Å². The number of amides is 2. The molecule has 1 aromatic heterocycles. The average molecular weight is 268 g/mol. The van der Waals surface area contributed by atoms with Crippen LogP contribution >= 0.6 is 0 Å². The molecule has 0 aliphatic heterocycles. The number of nitrogens with zero attached hydrogens (tertiary/aromatic N) is 2. The van der Waals surface area contributed by atoms with Crippen LogP contribution in [-0.2, 0) is 7.05 Å². The van der Waals surface area contributed by atoms with Gasteiger partial charge < -0.3 is 15.2 Å². The van der Waals surface area contributed by atoms with E-state index in [0.29, 0.717) is 16.9 Å². The number of pyridine rings is 1. The van der Waals surface area contributed by atoms with Gasteiger partial charge in [-0.25, -0.2) is 4.79 Å². The van der Waals surface area contributed by atoms with Gasteiger partial charge in [0, 0.05) is 25.0 Å². The van der Waals surface area contributed by atoms with Crippen LogP contribution in [0.4, 0.5) is 16.2 Å². The lowest BCUT2D eigenvalue weighted by Crippen LogP contribution is -2.21. The van der Waals surface area contributed by atoms with E-state index >= 15 is 0 Å². The first-order valence-electron chi connectivity index (χ1n) is 5.83. The minimum atomic E-state index is -0.423. The molecule has 6 nitrogen and oxygen atoms in total. The number of nitriles is 1. The van der Waals surface area contributed by atoms with Crippen LogP contribution in [0.3, 0.4) is 0 Å². The Kier molecular flexibility index (Phi) is 3.82. The quantitative estimate of drug-likeness (QED) is 0.872. The zero-order chi connectivity index (χ0) is 14.5. The highest BCUT2D eigenvalue weighted by atomic mass is 16.2. The predicted molar refractivity (Wildman–Crippen MR) is 75.5 cm³/mol. The summed E-state index contributed by atoms with van der Waals surface area (Å²) in [7, 11) is 1.60. The molecular formula is C14H12N4O2. The number of aryl methyl sites for hydroxylation is 1. The molecule has 2 rings (SSSR count). The van der Waals surface area contributed by atoms with Crippen molar-refractivity contribution < 1.29 is 4.79 Å². The maximum atomic E-state index is 11.8. The van der Waals surface area contributed by atoms with Crippen LogP contribution in [0.1, 0.15) is 5.56 Å². The molecule has 2 N–H and O–H groups in total. The second-order valence-electron chi connectivity index (χ2n) is 4.14. The first-order valence-corrected chi connectivity index (χ1v) is 5.83. The number of aromatic nitrogens is 1. The van der Waals surface area contributed by atoms with Crippen molar-refractivity contribution in [2.24, 2.45) is 7.05 Å². The molecule has 0 radical (unpaired) electrons. The minimum absolute atomic E-state index is 0.150. The number of rotatable bonds is 2. The summed E-state index contributed by atoms with van der Waals surface area (Å²) in [6, 6.07) is 11.0. The summed E-state index contributed by atoms with van der Waals surface area (Å²) >= 11 is 0. The molecule has 0 aliphatic rings. The second kappa shape index (κ2) is 5.71. The molecule has 0 fully saturated rings. The number of hydrogen-bond donors (Lipinski definition) is 2. The largest absolute Gasteiger partial charge is 0.323 e. The maximum absolute atomic E-state index is 11.8.